The van der Waals surface area contributed by atoms with Gasteiger partial charge in [-0.3, -0.25) is 19.4 Å². The molecular weight excluding hydrogens is 338 g/mol. The Morgan fingerprint density at radius 1 is 1.40 bits per heavy atom. The van der Waals surface area contributed by atoms with Crippen LogP contribution in [0.5, 0.6) is 0 Å². The van der Waals surface area contributed by atoms with E-state index < -0.39 is 0 Å². The van der Waals surface area contributed by atoms with Crippen LogP contribution in [-0.4, -0.2) is 33.6 Å². The number of H-pyrrole nitrogens is 1. The first-order valence-electron chi connectivity index (χ1n) is 8.21. The number of ketones is 1. The van der Waals surface area contributed by atoms with Gasteiger partial charge in [-0.2, -0.15) is 0 Å². The summed E-state index contributed by atoms with van der Waals surface area (Å²) in [6.07, 6.45) is 0.835. The first kappa shape index (κ1) is 17.5. The Bertz CT molecular complexity index is 924. The molecule has 2 aromatic rings. The number of aromatic amines is 1. The zero-order valence-electron chi connectivity index (χ0n) is 14.8. The molecule has 1 aliphatic heterocycles. The average Bonchev–Trinajstić information content (AvgIpc) is 2.85. The molecule has 2 heterocycles. The van der Waals surface area contributed by atoms with E-state index in [-0.39, 0.29) is 16.9 Å². The second-order valence-electron chi connectivity index (χ2n) is 5.97. The number of thioether (sulfide) groups is 1. The summed E-state index contributed by atoms with van der Waals surface area (Å²) in [6.45, 7) is 6.09. The van der Waals surface area contributed by atoms with Gasteiger partial charge < -0.3 is 4.84 Å². The lowest BCUT2D eigenvalue weighted by atomic mass is 9.95. The number of hydrogen-bond donors (Lipinski definition) is 1. The van der Waals surface area contributed by atoms with Gasteiger partial charge in [0.15, 0.2) is 0 Å². The fraction of sp³-hybridized carbons (Fsp3) is 0.389. The summed E-state index contributed by atoms with van der Waals surface area (Å²) in [5.74, 6) is 0.650. The van der Waals surface area contributed by atoms with E-state index in [1.807, 2.05) is 19.9 Å². The molecule has 6 nitrogen and oxygen atoms in total. The van der Waals surface area contributed by atoms with E-state index in [0.29, 0.717) is 17.9 Å². The van der Waals surface area contributed by atoms with Crippen molar-refractivity contribution in [3.05, 3.63) is 50.4 Å². The van der Waals surface area contributed by atoms with Crippen molar-refractivity contribution in [2.24, 2.45) is 12.2 Å². The van der Waals surface area contributed by atoms with Gasteiger partial charge in [0.05, 0.1) is 5.71 Å². The predicted molar refractivity (Wildman–Crippen MR) is 98.9 cm³/mol. The van der Waals surface area contributed by atoms with E-state index in [2.05, 4.69) is 10.3 Å². The first-order valence-corrected chi connectivity index (χ1v) is 9.20. The van der Waals surface area contributed by atoms with Crippen LogP contribution in [0.4, 0.5) is 0 Å². The van der Waals surface area contributed by atoms with Crippen molar-refractivity contribution in [2.45, 2.75) is 32.1 Å². The van der Waals surface area contributed by atoms with E-state index in [1.165, 1.54) is 4.68 Å². The van der Waals surface area contributed by atoms with Crippen LogP contribution in [0, 0.1) is 13.8 Å². The third-order valence-electron chi connectivity index (χ3n) is 4.31. The van der Waals surface area contributed by atoms with E-state index in [9.17, 15) is 9.59 Å². The maximum atomic E-state index is 13.0. The van der Waals surface area contributed by atoms with Crippen LogP contribution in [0.2, 0.25) is 0 Å². The minimum atomic E-state index is -0.300. The van der Waals surface area contributed by atoms with Gasteiger partial charge >= 0.3 is 0 Å². The van der Waals surface area contributed by atoms with Gasteiger partial charge in [0.2, 0.25) is 5.78 Å². The summed E-state index contributed by atoms with van der Waals surface area (Å²) in [5, 5.41) is 7.09. The molecule has 0 saturated carbocycles. The van der Waals surface area contributed by atoms with Gasteiger partial charge in [0.1, 0.15) is 12.2 Å². The van der Waals surface area contributed by atoms with E-state index in [1.54, 1.807) is 31.8 Å². The van der Waals surface area contributed by atoms with Gasteiger partial charge in [-0.15, -0.1) is 11.8 Å². The second kappa shape index (κ2) is 6.92. The molecule has 1 aromatic carbocycles. The molecule has 0 amide bonds. The third-order valence-corrected chi connectivity index (χ3v) is 5.53. The largest absolute Gasteiger partial charge is 0.396 e. The van der Waals surface area contributed by atoms with Crippen molar-refractivity contribution in [2.75, 3.05) is 12.4 Å². The lowest BCUT2D eigenvalue weighted by Crippen LogP contribution is -2.21. The van der Waals surface area contributed by atoms with Crippen molar-refractivity contribution < 1.29 is 9.63 Å². The number of nitrogens with one attached hydrogen (secondary N) is 1. The third kappa shape index (κ3) is 3.04. The molecule has 0 fully saturated rings. The van der Waals surface area contributed by atoms with E-state index >= 15 is 0 Å². The Balaban J connectivity index is 2.08. The Kier molecular flexibility index (Phi) is 4.85. The smallest absolute Gasteiger partial charge is 0.277 e. The summed E-state index contributed by atoms with van der Waals surface area (Å²) in [4.78, 5) is 31.5. The molecule has 0 spiro atoms. The number of aromatic nitrogens is 2. The van der Waals surface area contributed by atoms with Crippen molar-refractivity contribution >= 4 is 23.3 Å². The van der Waals surface area contributed by atoms with Gasteiger partial charge in [0, 0.05) is 40.9 Å². The molecule has 0 saturated heterocycles. The fourth-order valence-electron chi connectivity index (χ4n) is 3.06. The highest BCUT2D eigenvalue weighted by molar-refractivity contribution is 7.99. The van der Waals surface area contributed by atoms with Crippen LogP contribution < -0.4 is 5.56 Å². The van der Waals surface area contributed by atoms with Crippen LogP contribution >= 0.6 is 11.8 Å². The van der Waals surface area contributed by atoms with Crippen LogP contribution in [0.1, 0.15) is 46.1 Å². The van der Waals surface area contributed by atoms with E-state index in [0.717, 1.165) is 33.9 Å². The summed E-state index contributed by atoms with van der Waals surface area (Å²) in [5.41, 5.74) is 3.85. The van der Waals surface area contributed by atoms with Crippen molar-refractivity contribution in [1.29, 1.82) is 0 Å². The molecule has 3 rings (SSSR count). The predicted octanol–water partition coefficient (Wildman–Crippen LogP) is 2.80. The van der Waals surface area contributed by atoms with Crippen molar-refractivity contribution in [3.63, 3.8) is 0 Å². The lowest BCUT2D eigenvalue weighted by Gasteiger charge is -2.20. The number of rotatable bonds is 4. The standard InChI is InChI=1S/C18H21N3O3S/c1-5-24-20-14-8-9-25-17-10(2)12(6-7-13(14)17)16(22)15-11(3)19-21(4)18(15)23/h6-7,19H,5,8-9H2,1-4H3/b20-14+. The number of nitrogens with zero attached hydrogens (tertiary/aromatic N) is 2. The van der Waals surface area contributed by atoms with Gasteiger partial charge in [-0.25, -0.2) is 0 Å². The minimum Gasteiger partial charge on any atom is -0.396 e. The molecule has 1 N–H and O–H groups in total. The Labute approximate surface area is 150 Å². The number of carbonyl (C=O) groups is 1. The normalized spacial score (nSPS) is 15.3. The highest BCUT2D eigenvalue weighted by atomic mass is 32.2. The molecule has 132 valence electrons. The molecule has 0 atom stereocenters. The molecule has 25 heavy (non-hydrogen) atoms. The summed E-state index contributed by atoms with van der Waals surface area (Å²) >= 11 is 1.71. The maximum Gasteiger partial charge on any atom is 0.277 e. The van der Waals surface area contributed by atoms with Gasteiger partial charge in [0.25, 0.3) is 5.56 Å². The summed E-state index contributed by atoms with van der Waals surface area (Å²) in [7, 11) is 1.61. The molecule has 0 radical (unpaired) electrons. The topological polar surface area (TPSA) is 76.4 Å². The quantitative estimate of drug-likeness (QED) is 0.673. The molecule has 0 aliphatic carbocycles. The number of oxime groups is 1. The lowest BCUT2D eigenvalue weighted by molar-refractivity contribution is 0.103. The highest BCUT2D eigenvalue weighted by Crippen LogP contribution is 2.35. The molecule has 7 heteroatoms. The van der Waals surface area contributed by atoms with Crippen LogP contribution in [0.3, 0.4) is 0 Å². The second-order valence-corrected chi connectivity index (χ2v) is 7.08. The molecule has 1 aliphatic rings. The Hall–Kier alpha value is -2.28. The van der Waals surface area contributed by atoms with Crippen LogP contribution in [0.15, 0.2) is 27.0 Å². The first-order chi connectivity index (χ1) is 12.0. The van der Waals surface area contributed by atoms with Crippen LogP contribution in [-0.2, 0) is 11.9 Å². The maximum absolute atomic E-state index is 13.0. The number of hydrogen-bond acceptors (Lipinski definition) is 5. The number of benzene rings is 1. The molecule has 1 aromatic heterocycles. The highest BCUT2D eigenvalue weighted by Gasteiger charge is 2.25. The van der Waals surface area contributed by atoms with Crippen LogP contribution in [0.25, 0.3) is 0 Å². The number of aryl methyl sites for hydroxylation is 2. The Morgan fingerprint density at radius 2 is 2.16 bits per heavy atom. The van der Waals surface area contributed by atoms with E-state index in [4.69, 9.17) is 4.84 Å². The fourth-order valence-corrected chi connectivity index (χ4v) is 4.23. The van der Waals surface area contributed by atoms with Crippen molar-refractivity contribution in [3.8, 4) is 0 Å². The van der Waals surface area contributed by atoms with Gasteiger partial charge in [-0.1, -0.05) is 17.3 Å². The SMILES string of the molecule is CCO/N=C1\CCSc2c1ccc(C(=O)c1c(C)[nH]n(C)c1=O)c2C. The summed E-state index contributed by atoms with van der Waals surface area (Å²) in [6, 6.07) is 3.70. The zero-order chi connectivity index (χ0) is 18.1. The number of carbonyl (C=O) groups excluding carboxylic acids is 1. The molecular formula is C18H21N3O3S. The zero-order valence-corrected chi connectivity index (χ0v) is 15.6. The Morgan fingerprint density at radius 3 is 2.80 bits per heavy atom. The average molecular weight is 359 g/mol. The molecule has 0 unspecified atom stereocenters. The molecule has 0 bridgehead atoms. The minimum absolute atomic E-state index is 0.203. The monoisotopic (exact) mass is 359 g/mol. The summed E-state index contributed by atoms with van der Waals surface area (Å²) < 4.78 is 1.33. The number of fused-ring (bicyclic) bond motifs is 1. The van der Waals surface area contributed by atoms with Gasteiger partial charge in [-0.05, 0) is 26.3 Å². The van der Waals surface area contributed by atoms with Crippen molar-refractivity contribution in [1.82, 2.24) is 9.78 Å².